The van der Waals surface area contributed by atoms with Crippen LogP contribution in [0.1, 0.15) is 40.0 Å². The van der Waals surface area contributed by atoms with E-state index in [4.69, 9.17) is 4.74 Å². The van der Waals surface area contributed by atoms with Crippen LogP contribution in [0.3, 0.4) is 0 Å². The Balaban J connectivity index is 1.97. The second-order valence-corrected chi connectivity index (χ2v) is 6.26. The number of ether oxygens (including phenoxy) is 1. The van der Waals surface area contributed by atoms with Gasteiger partial charge >= 0.3 is 5.97 Å². The minimum Gasteiger partial charge on any atom is -0.457 e. The van der Waals surface area contributed by atoms with Crippen LogP contribution >= 0.6 is 0 Å². The van der Waals surface area contributed by atoms with Gasteiger partial charge in [-0.25, -0.2) is 4.79 Å². The molecule has 0 aliphatic heterocycles. The van der Waals surface area contributed by atoms with Gasteiger partial charge in [-0.1, -0.05) is 23.3 Å². The Morgan fingerprint density at radius 1 is 1.50 bits per heavy atom. The highest BCUT2D eigenvalue weighted by molar-refractivity contribution is 5.83. The quantitative estimate of drug-likeness (QED) is 0.430. The molecule has 0 bridgehead atoms. The third-order valence-electron chi connectivity index (χ3n) is 3.49. The first-order valence-corrected chi connectivity index (χ1v) is 6.63. The highest BCUT2D eigenvalue weighted by atomic mass is 16.6. The number of hydrogen-bond donors (Lipinski definition) is 0. The Morgan fingerprint density at radius 2 is 2.22 bits per heavy atom. The number of hydrogen-bond acceptors (Lipinski definition) is 2. The fraction of sp³-hybridized carbons (Fsp3) is 0.562. The van der Waals surface area contributed by atoms with Crippen LogP contribution in [0.25, 0.3) is 0 Å². The van der Waals surface area contributed by atoms with Crippen molar-refractivity contribution in [3.05, 3.63) is 36.0 Å². The second kappa shape index (κ2) is 4.75. The maximum atomic E-state index is 11.7. The number of rotatable bonds is 3. The lowest BCUT2D eigenvalue weighted by molar-refractivity contribution is -0.148. The third-order valence-corrected chi connectivity index (χ3v) is 3.49. The molecular weight excluding hydrogens is 224 g/mol. The van der Waals surface area contributed by atoms with E-state index in [9.17, 15) is 4.79 Å². The zero-order valence-corrected chi connectivity index (χ0v) is 11.5. The number of carbonyl (C=O) groups excluding carboxylic acids is 1. The fourth-order valence-corrected chi connectivity index (χ4v) is 2.78. The van der Waals surface area contributed by atoms with E-state index < -0.39 is 5.60 Å². The first-order chi connectivity index (χ1) is 8.39. The van der Waals surface area contributed by atoms with Gasteiger partial charge in [-0.15, -0.1) is 6.58 Å². The van der Waals surface area contributed by atoms with Gasteiger partial charge in [0, 0.05) is 12.0 Å². The molecule has 0 radical (unpaired) electrons. The standard InChI is InChI=1S/C16H22O2/c1-5-6-11-7-12-9-13(14(12)8-11)10-15(17)18-16(2,3)4/h5,8,10,12,14H,1,6-7,9H2,2-4H3/t12-,14-/m0/s1. The van der Waals surface area contributed by atoms with Crippen LogP contribution < -0.4 is 0 Å². The summed E-state index contributed by atoms with van der Waals surface area (Å²) in [6.07, 6.45) is 9.15. The monoisotopic (exact) mass is 246 g/mol. The molecule has 0 aromatic carbocycles. The fourth-order valence-electron chi connectivity index (χ4n) is 2.78. The molecule has 0 aromatic rings. The second-order valence-electron chi connectivity index (χ2n) is 6.26. The van der Waals surface area contributed by atoms with Crippen LogP contribution in [0.15, 0.2) is 36.0 Å². The van der Waals surface area contributed by atoms with Gasteiger partial charge in [0.05, 0.1) is 0 Å². The van der Waals surface area contributed by atoms with Crippen molar-refractivity contribution in [2.75, 3.05) is 0 Å². The molecule has 0 unspecified atom stereocenters. The minimum atomic E-state index is -0.406. The first-order valence-electron chi connectivity index (χ1n) is 6.63. The summed E-state index contributed by atoms with van der Waals surface area (Å²) >= 11 is 0. The van der Waals surface area contributed by atoms with Crippen molar-refractivity contribution in [2.45, 2.75) is 45.6 Å². The molecule has 0 saturated heterocycles. The molecule has 2 aliphatic carbocycles. The molecule has 2 aliphatic rings. The van der Waals surface area contributed by atoms with E-state index in [1.54, 1.807) is 6.08 Å². The number of fused-ring (bicyclic) bond motifs is 1. The predicted octanol–water partition coefficient (Wildman–Crippen LogP) is 3.80. The van der Waals surface area contributed by atoms with Crippen LogP contribution in [-0.4, -0.2) is 11.6 Å². The van der Waals surface area contributed by atoms with E-state index >= 15 is 0 Å². The molecule has 18 heavy (non-hydrogen) atoms. The van der Waals surface area contributed by atoms with E-state index in [1.807, 2.05) is 26.8 Å². The maximum absolute atomic E-state index is 11.7. The summed E-state index contributed by atoms with van der Waals surface area (Å²) in [7, 11) is 0. The Bertz CT molecular complexity index is 421. The Hall–Kier alpha value is -1.31. The molecule has 1 fully saturated rings. The Kier molecular flexibility index (Phi) is 3.47. The molecule has 2 nitrogen and oxygen atoms in total. The van der Waals surface area contributed by atoms with E-state index in [1.165, 1.54) is 17.6 Å². The van der Waals surface area contributed by atoms with Gasteiger partial charge in [0.15, 0.2) is 0 Å². The van der Waals surface area contributed by atoms with Crippen molar-refractivity contribution in [3.63, 3.8) is 0 Å². The lowest BCUT2D eigenvalue weighted by Crippen LogP contribution is -2.27. The van der Waals surface area contributed by atoms with Gasteiger partial charge in [-0.05, 0) is 46.0 Å². The normalized spacial score (nSPS) is 28.4. The van der Waals surface area contributed by atoms with Gasteiger partial charge in [-0.2, -0.15) is 0 Å². The van der Waals surface area contributed by atoms with Crippen LogP contribution in [0.2, 0.25) is 0 Å². The molecule has 0 spiro atoms. The lowest BCUT2D eigenvalue weighted by Gasteiger charge is -2.33. The van der Waals surface area contributed by atoms with Crippen molar-refractivity contribution in [1.29, 1.82) is 0 Å². The molecule has 2 heteroatoms. The topological polar surface area (TPSA) is 26.3 Å². The summed E-state index contributed by atoms with van der Waals surface area (Å²) in [5.74, 6) is 0.989. The summed E-state index contributed by atoms with van der Waals surface area (Å²) in [5, 5.41) is 0. The minimum absolute atomic E-state index is 0.207. The van der Waals surface area contributed by atoms with Gasteiger partial charge in [0.1, 0.15) is 5.60 Å². The first kappa shape index (κ1) is 13.1. The summed E-state index contributed by atoms with van der Waals surface area (Å²) in [6.45, 7) is 9.45. The highest BCUT2D eigenvalue weighted by Gasteiger charge is 2.39. The Morgan fingerprint density at radius 3 is 2.83 bits per heavy atom. The van der Waals surface area contributed by atoms with Gasteiger partial charge in [0.25, 0.3) is 0 Å². The third kappa shape index (κ3) is 2.92. The number of allylic oxidation sites excluding steroid dienone is 4. The summed E-state index contributed by atoms with van der Waals surface area (Å²) in [6, 6.07) is 0. The summed E-state index contributed by atoms with van der Waals surface area (Å²) in [5.41, 5.74) is 2.29. The van der Waals surface area contributed by atoms with Crippen LogP contribution in [0.5, 0.6) is 0 Å². The molecule has 0 N–H and O–H groups in total. The molecule has 2 rings (SSSR count). The van der Waals surface area contributed by atoms with Crippen LogP contribution in [-0.2, 0) is 9.53 Å². The SMILES string of the molecule is C=CCC1=C[C@@H]2C(=CC(=O)OC(C)(C)C)C[C@@H]2C1. The zero-order valence-electron chi connectivity index (χ0n) is 11.5. The average Bonchev–Trinajstić information content (AvgIpc) is 2.51. The molecule has 0 amide bonds. The maximum Gasteiger partial charge on any atom is 0.331 e. The molecule has 0 aromatic heterocycles. The number of esters is 1. The summed E-state index contributed by atoms with van der Waals surface area (Å²) in [4.78, 5) is 11.7. The molecule has 0 heterocycles. The predicted molar refractivity (Wildman–Crippen MR) is 73.0 cm³/mol. The molecule has 1 saturated carbocycles. The molecular formula is C16H22O2. The zero-order chi connectivity index (χ0) is 13.3. The largest absolute Gasteiger partial charge is 0.457 e. The van der Waals surface area contributed by atoms with Crippen molar-refractivity contribution >= 4 is 5.97 Å². The van der Waals surface area contributed by atoms with E-state index in [2.05, 4.69) is 12.7 Å². The van der Waals surface area contributed by atoms with Crippen LogP contribution in [0, 0.1) is 11.8 Å². The average molecular weight is 246 g/mol. The van der Waals surface area contributed by atoms with Crippen molar-refractivity contribution in [1.82, 2.24) is 0 Å². The van der Waals surface area contributed by atoms with E-state index in [-0.39, 0.29) is 5.97 Å². The highest BCUT2D eigenvalue weighted by Crippen LogP contribution is 2.50. The smallest absolute Gasteiger partial charge is 0.331 e. The lowest BCUT2D eigenvalue weighted by atomic mass is 9.71. The number of carbonyl (C=O) groups is 1. The van der Waals surface area contributed by atoms with Crippen molar-refractivity contribution in [2.24, 2.45) is 11.8 Å². The summed E-state index contributed by atoms with van der Waals surface area (Å²) < 4.78 is 5.31. The van der Waals surface area contributed by atoms with E-state index in [0.29, 0.717) is 11.8 Å². The van der Waals surface area contributed by atoms with Crippen molar-refractivity contribution < 1.29 is 9.53 Å². The van der Waals surface area contributed by atoms with Gasteiger partial charge in [0.2, 0.25) is 0 Å². The van der Waals surface area contributed by atoms with Gasteiger partial charge in [-0.3, -0.25) is 0 Å². The van der Waals surface area contributed by atoms with Crippen LogP contribution in [0.4, 0.5) is 0 Å². The van der Waals surface area contributed by atoms with E-state index in [0.717, 1.165) is 12.8 Å². The molecule has 2 atom stereocenters. The molecule has 98 valence electrons. The van der Waals surface area contributed by atoms with Crippen molar-refractivity contribution in [3.8, 4) is 0 Å². The Labute approximate surface area is 109 Å². The van der Waals surface area contributed by atoms with Gasteiger partial charge < -0.3 is 4.74 Å².